The van der Waals surface area contributed by atoms with Crippen molar-refractivity contribution < 1.29 is 9.53 Å². The Labute approximate surface area is 166 Å². The third-order valence-corrected chi connectivity index (χ3v) is 5.17. The summed E-state index contributed by atoms with van der Waals surface area (Å²) in [6, 6.07) is 15.7. The molecule has 0 bridgehead atoms. The van der Waals surface area contributed by atoms with E-state index in [-0.39, 0.29) is 5.91 Å². The molecule has 142 valence electrons. The van der Waals surface area contributed by atoms with Crippen LogP contribution in [0, 0.1) is 0 Å². The van der Waals surface area contributed by atoms with Crippen LogP contribution in [0.1, 0.15) is 17.5 Å². The van der Waals surface area contributed by atoms with Gasteiger partial charge in [0.15, 0.2) is 0 Å². The highest BCUT2D eigenvalue weighted by Crippen LogP contribution is 2.20. The molecule has 4 nitrogen and oxygen atoms in total. The second-order valence-electron chi connectivity index (χ2n) is 6.60. The fraction of sp³-hybridized carbons (Fsp3) is 0.318. The Morgan fingerprint density at radius 3 is 2.67 bits per heavy atom. The Morgan fingerprint density at radius 2 is 1.85 bits per heavy atom. The smallest absolute Gasteiger partial charge is 0.224 e. The second kappa shape index (κ2) is 9.58. The number of benzene rings is 2. The first-order valence-electron chi connectivity index (χ1n) is 9.20. The summed E-state index contributed by atoms with van der Waals surface area (Å²) in [6.45, 7) is 3.72. The van der Waals surface area contributed by atoms with Crippen molar-refractivity contribution >= 4 is 23.6 Å². The van der Waals surface area contributed by atoms with Crippen molar-refractivity contribution in [1.82, 2.24) is 9.80 Å². The standard InChI is InChI=1S/C22H25ClN2O2/c1-27-21-11-5-3-7-18(21)9-6-13-24-14-12-22(26)25(16-15-24)17-19-8-2-4-10-20(19)23/h2-11H,12-17H2,1H3. The van der Waals surface area contributed by atoms with Crippen LogP contribution in [0.5, 0.6) is 5.75 Å². The van der Waals surface area contributed by atoms with Crippen LogP contribution in [0.3, 0.4) is 0 Å². The molecular formula is C22H25ClN2O2. The van der Waals surface area contributed by atoms with Crippen LogP contribution in [-0.2, 0) is 11.3 Å². The van der Waals surface area contributed by atoms with E-state index in [1.807, 2.05) is 53.4 Å². The maximum atomic E-state index is 12.5. The predicted molar refractivity (Wildman–Crippen MR) is 110 cm³/mol. The molecule has 1 heterocycles. The number of halogens is 1. The van der Waals surface area contributed by atoms with Crippen LogP contribution in [0.4, 0.5) is 0 Å². The van der Waals surface area contributed by atoms with Crippen molar-refractivity contribution in [3.8, 4) is 5.75 Å². The van der Waals surface area contributed by atoms with Crippen LogP contribution in [-0.4, -0.2) is 49.0 Å². The Morgan fingerprint density at radius 1 is 1.07 bits per heavy atom. The first-order valence-corrected chi connectivity index (χ1v) is 9.58. The molecule has 27 heavy (non-hydrogen) atoms. The molecule has 0 aliphatic carbocycles. The second-order valence-corrected chi connectivity index (χ2v) is 7.01. The van der Waals surface area contributed by atoms with Crippen molar-refractivity contribution in [1.29, 1.82) is 0 Å². The summed E-state index contributed by atoms with van der Waals surface area (Å²) >= 11 is 6.24. The molecule has 0 unspecified atom stereocenters. The molecule has 0 aromatic heterocycles. The first-order chi connectivity index (χ1) is 13.2. The van der Waals surface area contributed by atoms with E-state index in [4.69, 9.17) is 16.3 Å². The van der Waals surface area contributed by atoms with Gasteiger partial charge in [-0.3, -0.25) is 9.69 Å². The SMILES string of the molecule is COc1ccccc1C=CCN1CCC(=O)N(Cc2ccccc2Cl)CC1. The zero-order valence-electron chi connectivity index (χ0n) is 15.6. The Hall–Kier alpha value is -2.30. The van der Waals surface area contributed by atoms with Gasteiger partial charge in [-0.1, -0.05) is 60.2 Å². The van der Waals surface area contributed by atoms with Gasteiger partial charge >= 0.3 is 0 Å². The van der Waals surface area contributed by atoms with Gasteiger partial charge in [-0.15, -0.1) is 0 Å². The summed E-state index contributed by atoms with van der Waals surface area (Å²) in [5.41, 5.74) is 2.06. The lowest BCUT2D eigenvalue weighted by Gasteiger charge is -2.22. The van der Waals surface area contributed by atoms with Gasteiger partial charge in [0.2, 0.25) is 5.91 Å². The molecule has 1 amide bonds. The first kappa shape index (κ1) is 19.5. The third kappa shape index (κ3) is 5.34. The molecule has 0 atom stereocenters. The Bertz CT molecular complexity index is 806. The van der Waals surface area contributed by atoms with E-state index in [1.54, 1.807) is 7.11 Å². The van der Waals surface area contributed by atoms with E-state index in [0.29, 0.717) is 24.5 Å². The van der Waals surface area contributed by atoms with E-state index in [2.05, 4.69) is 17.1 Å². The summed E-state index contributed by atoms with van der Waals surface area (Å²) in [5, 5.41) is 0.714. The van der Waals surface area contributed by atoms with Gasteiger partial charge in [0.05, 0.1) is 7.11 Å². The van der Waals surface area contributed by atoms with Crippen molar-refractivity contribution in [3.05, 3.63) is 70.8 Å². The number of amides is 1. The zero-order valence-corrected chi connectivity index (χ0v) is 16.4. The molecular weight excluding hydrogens is 360 g/mol. The van der Waals surface area contributed by atoms with Gasteiger partial charge in [0.25, 0.3) is 0 Å². The molecule has 1 saturated heterocycles. The van der Waals surface area contributed by atoms with E-state index < -0.39 is 0 Å². The minimum absolute atomic E-state index is 0.186. The lowest BCUT2D eigenvalue weighted by atomic mass is 10.2. The van der Waals surface area contributed by atoms with Crippen molar-refractivity contribution in [2.75, 3.05) is 33.3 Å². The van der Waals surface area contributed by atoms with Gasteiger partial charge in [0, 0.05) is 49.7 Å². The number of carbonyl (C=O) groups excluding carboxylic acids is 1. The summed E-state index contributed by atoms with van der Waals surface area (Å²) in [4.78, 5) is 16.7. The van der Waals surface area contributed by atoms with Gasteiger partial charge in [-0.25, -0.2) is 0 Å². The normalized spacial score (nSPS) is 15.9. The van der Waals surface area contributed by atoms with E-state index in [1.165, 1.54) is 0 Å². The molecule has 0 N–H and O–H groups in total. The molecule has 2 aromatic rings. The highest BCUT2D eigenvalue weighted by molar-refractivity contribution is 6.31. The largest absolute Gasteiger partial charge is 0.496 e. The fourth-order valence-electron chi connectivity index (χ4n) is 3.23. The molecule has 5 heteroatoms. The summed E-state index contributed by atoms with van der Waals surface area (Å²) < 4.78 is 5.38. The van der Waals surface area contributed by atoms with Crippen LogP contribution >= 0.6 is 11.6 Å². The topological polar surface area (TPSA) is 32.8 Å². The number of nitrogens with zero attached hydrogens (tertiary/aromatic N) is 2. The fourth-order valence-corrected chi connectivity index (χ4v) is 3.42. The minimum Gasteiger partial charge on any atom is -0.496 e. The third-order valence-electron chi connectivity index (χ3n) is 4.80. The maximum Gasteiger partial charge on any atom is 0.224 e. The Balaban J connectivity index is 1.57. The number of hydrogen-bond donors (Lipinski definition) is 0. The highest BCUT2D eigenvalue weighted by Gasteiger charge is 2.21. The molecule has 0 spiro atoms. The van der Waals surface area contributed by atoms with Crippen molar-refractivity contribution in [2.45, 2.75) is 13.0 Å². The summed E-state index contributed by atoms with van der Waals surface area (Å²) in [5.74, 6) is 1.05. The molecule has 1 aliphatic heterocycles. The van der Waals surface area contributed by atoms with E-state index in [9.17, 15) is 4.79 Å². The number of methoxy groups -OCH3 is 1. The molecule has 3 rings (SSSR count). The molecule has 0 radical (unpaired) electrons. The van der Waals surface area contributed by atoms with Gasteiger partial charge < -0.3 is 9.64 Å². The number of para-hydroxylation sites is 1. The predicted octanol–water partition coefficient (Wildman–Crippen LogP) is 4.10. The lowest BCUT2D eigenvalue weighted by Crippen LogP contribution is -2.33. The number of rotatable bonds is 6. The zero-order chi connectivity index (χ0) is 19.1. The maximum absolute atomic E-state index is 12.5. The van der Waals surface area contributed by atoms with Gasteiger partial charge in [-0.2, -0.15) is 0 Å². The molecule has 2 aromatic carbocycles. The van der Waals surface area contributed by atoms with Crippen molar-refractivity contribution in [3.63, 3.8) is 0 Å². The average Bonchev–Trinajstić information content (AvgIpc) is 2.86. The highest BCUT2D eigenvalue weighted by atomic mass is 35.5. The van der Waals surface area contributed by atoms with Gasteiger partial charge in [0.1, 0.15) is 5.75 Å². The summed E-state index contributed by atoms with van der Waals surface area (Å²) in [6.07, 6.45) is 4.74. The number of ether oxygens (including phenoxy) is 1. The molecule has 1 aliphatic rings. The summed E-state index contributed by atoms with van der Waals surface area (Å²) in [7, 11) is 1.68. The van der Waals surface area contributed by atoms with E-state index >= 15 is 0 Å². The lowest BCUT2D eigenvalue weighted by molar-refractivity contribution is -0.130. The quantitative estimate of drug-likeness (QED) is 0.751. The molecule has 1 fully saturated rings. The number of hydrogen-bond acceptors (Lipinski definition) is 3. The molecule has 0 saturated carbocycles. The minimum atomic E-state index is 0.186. The Kier molecular flexibility index (Phi) is 6.91. The number of carbonyl (C=O) groups is 1. The van der Waals surface area contributed by atoms with Crippen LogP contribution in [0.2, 0.25) is 5.02 Å². The van der Waals surface area contributed by atoms with Crippen LogP contribution in [0.15, 0.2) is 54.6 Å². The van der Waals surface area contributed by atoms with Gasteiger partial charge in [-0.05, 0) is 17.7 Å². The van der Waals surface area contributed by atoms with Crippen LogP contribution in [0.25, 0.3) is 6.08 Å². The van der Waals surface area contributed by atoms with Crippen molar-refractivity contribution in [2.24, 2.45) is 0 Å². The van der Waals surface area contributed by atoms with E-state index in [0.717, 1.165) is 36.5 Å². The average molecular weight is 385 g/mol. The van der Waals surface area contributed by atoms with Crippen LogP contribution < -0.4 is 4.74 Å². The monoisotopic (exact) mass is 384 g/mol.